The summed E-state index contributed by atoms with van der Waals surface area (Å²) in [7, 11) is 0. The van der Waals surface area contributed by atoms with E-state index in [0.29, 0.717) is 5.02 Å². The highest BCUT2D eigenvalue weighted by atomic mass is 35.5. The largest absolute Gasteiger partial charge is 0.357 e. The number of hydrogen-bond acceptors (Lipinski definition) is 4. The number of carbonyl (C=O) groups excluding carboxylic acids is 2. The van der Waals surface area contributed by atoms with Crippen LogP contribution in [0, 0.1) is 19.8 Å². The van der Waals surface area contributed by atoms with Crippen LogP contribution < -0.4 is 15.5 Å². The van der Waals surface area contributed by atoms with Crippen LogP contribution in [0.1, 0.15) is 24.0 Å². The van der Waals surface area contributed by atoms with Gasteiger partial charge in [0.25, 0.3) is 0 Å². The van der Waals surface area contributed by atoms with Gasteiger partial charge < -0.3 is 15.5 Å². The molecule has 6 nitrogen and oxygen atoms in total. The molecule has 148 valence electrons. The number of halogens is 1. The van der Waals surface area contributed by atoms with Gasteiger partial charge in [0.05, 0.1) is 11.6 Å². The summed E-state index contributed by atoms with van der Waals surface area (Å²) < 4.78 is 0. The van der Waals surface area contributed by atoms with Gasteiger partial charge in [0, 0.05) is 30.9 Å². The molecule has 0 radical (unpaired) electrons. The number of carbonyl (C=O) groups is 2. The minimum absolute atomic E-state index is 0.0223. The normalized spacial score (nSPS) is 14.6. The lowest BCUT2D eigenvalue weighted by Gasteiger charge is -2.32. The van der Waals surface area contributed by atoms with Gasteiger partial charge in [-0.2, -0.15) is 0 Å². The van der Waals surface area contributed by atoms with E-state index in [2.05, 4.69) is 20.5 Å². The topological polar surface area (TPSA) is 74.3 Å². The fraction of sp³-hybridized carbons (Fsp3) is 0.381. The lowest BCUT2D eigenvalue weighted by atomic mass is 9.96. The summed E-state index contributed by atoms with van der Waals surface area (Å²) in [4.78, 5) is 31.1. The van der Waals surface area contributed by atoms with Crippen molar-refractivity contribution >= 4 is 34.9 Å². The third kappa shape index (κ3) is 5.01. The monoisotopic (exact) mass is 400 g/mol. The van der Waals surface area contributed by atoms with Crippen molar-refractivity contribution < 1.29 is 9.59 Å². The number of aryl methyl sites for hydroxylation is 2. The zero-order chi connectivity index (χ0) is 20.1. The fourth-order valence-corrected chi connectivity index (χ4v) is 3.54. The number of amides is 2. The SMILES string of the molecule is Cc1cccc(C)c1NC(=O)CNC(=O)C1CCN(c2ccc(Cl)cn2)CC1. The standard InChI is InChI=1S/C21H25ClN4O2/c1-14-4-3-5-15(2)20(14)25-19(27)13-24-21(28)16-8-10-26(11-9-16)18-7-6-17(22)12-23-18/h3-7,12,16H,8-11,13H2,1-2H3,(H,24,28)(H,25,27). The van der Waals surface area contributed by atoms with Crippen LogP contribution in [0.4, 0.5) is 11.5 Å². The van der Waals surface area contributed by atoms with Gasteiger partial charge in [0.1, 0.15) is 5.82 Å². The maximum Gasteiger partial charge on any atom is 0.243 e. The van der Waals surface area contributed by atoms with Gasteiger partial charge in [-0.3, -0.25) is 9.59 Å². The van der Waals surface area contributed by atoms with Crippen LogP contribution in [0.3, 0.4) is 0 Å². The molecule has 0 saturated carbocycles. The Kier molecular flexibility index (Phi) is 6.52. The van der Waals surface area contributed by atoms with E-state index >= 15 is 0 Å². The zero-order valence-corrected chi connectivity index (χ0v) is 16.9. The highest BCUT2D eigenvalue weighted by molar-refractivity contribution is 6.30. The highest BCUT2D eigenvalue weighted by Crippen LogP contribution is 2.23. The van der Waals surface area contributed by atoms with Crippen LogP contribution in [0.15, 0.2) is 36.5 Å². The van der Waals surface area contributed by atoms with Crippen LogP contribution in [0.25, 0.3) is 0 Å². The minimum Gasteiger partial charge on any atom is -0.357 e. The van der Waals surface area contributed by atoms with Gasteiger partial charge in [0.15, 0.2) is 0 Å². The summed E-state index contributed by atoms with van der Waals surface area (Å²) >= 11 is 5.88. The van der Waals surface area contributed by atoms with Crippen molar-refractivity contribution in [2.75, 3.05) is 29.9 Å². The van der Waals surface area contributed by atoms with Crippen LogP contribution in [-0.4, -0.2) is 36.4 Å². The Bertz CT molecular complexity index is 826. The number of nitrogens with one attached hydrogen (secondary N) is 2. The summed E-state index contributed by atoms with van der Waals surface area (Å²) in [5, 5.41) is 6.27. The summed E-state index contributed by atoms with van der Waals surface area (Å²) in [6.07, 6.45) is 3.09. The average molecular weight is 401 g/mol. The Morgan fingerprint density at radius 2 is 1.82 bits per heavy atom. The molecule has 0 spiro atoms. The molecule has 28 heavy (non-hydrogen) atoms. The summed E-state index contributed by atoms with van der Waals surface area (Å²) in [5.74, 6) is 0.502. The Morgan fingerprint density at radius 3 is 2.43 bits per heavy atom. The summed E-state index contributed by atoms with van der Waals surface area (Å²) in [5.41, 5.74) is 2.82. The molecule has 0 aliphatic carbocycles. The molecule has 7 heteroatoms. The molecule has 0 bridgehead atoms. The van der Waals surface area contributed by atoms with E-state index in [0.717, 1.165) is 48.6 Å². The zero-order valence-electron chi connectivity index (χ0n) is 16.2. The van der Waals surface area contributed by atoms with E-state index in [1.165, 1.54) is 0 Å². The third-order valence-electron chi connectivity index (χ3n) is 5.07. The van der Waals surface area contributed by atoms with E-state index in [-0.39, 0.29) is 24.3 Å². The molecule has 2 aromatic rings. The van der Waals surface area contributed by atoms with E-state index in [9.17, 15) is 9.59 Å². The van der Waals surface area contributed by atoms with E-state index < -0.39 is 0 Å². The number of rotatable bonds is 5. The minimum atomic E-state index is -0.214. The Labute approximate surface area is 170 Å². The second kappa shape index (κ2) is 9.06. The molecule has 2 N–H and O–H groups in total. The van der Waals surface area contributed by atoms with Gasteiger partial charge in [0.2, 0.25) is 11.8 Å². The first-order valence-electron chi connectivity index (χ1n) is 9.44. The average Bonchev–Trinajstić information content (AvgIpc) is 2.70. The van der Waals surface area contributed by atoms with Crippen molar-refractivity contribution in [2.24, 2.45) is 5.92 Å². The number of piperidine rings is 1. The predicted octanol–water partition coefficient (Wildman–Crippen LogP) is 3.32. The number of para-hydroxylation sites is 1. The second-order valence-electron chi connectivity index (χ2n) is 7.13. The lowest BCUT2D eigenvalue weighted by molar-refractivity contribution is -0.127. The number of nitrogens with zero attached hydrogens (tertiary/aromatic N) is 2. The Balaban J connectivity index is 1.45. The molecule has 1 aromatic heterocycles. The molecule has 1 saturated heterocycles. The van der Waals surface area contributed by atoms with E-state index in [4.69, 9.17) is 11.6 Å². The molecule has 1 aromatic carbocycles. The van der Waals surface area contributed by atoms with Gasteiger partial charge in [-0.25, -0.2) is 4.98 Å². The van der Waals surface area contributed by atoms with Gasteiger partial charge in [-0.15, -0.1) is 0 Å². The van der Waals surface area contributed by atoms with Crippen LogP contribution in [-0.2, 0) is 9.59 Å². The molecular weight excluding hydrogens is 376 g/mol. The molecule has 0 atom stereocenters. The first-order chi connectivity index (χ1) is 13.4. The van der Waals surface area contributed by atoms with Crippen molar-refractivity contribution in [3.8, 4) is 0 Å². The molecule has 2 amide bonds. The third-order valence-corrected chi connectivity index (χ3v) is 5.29. The Hall–Kier alpha value is -2.60. The molecule has 2 heterocycles. The summed E-state index contributed by atoms with van der Waals surface area (Å²) in [6.45, 7) is 5.38. The van der Waals surface area contributed by atoms with Gasteiger partial charge in [-0.1, -0.05) is 29.8 Å². The fourth-order valence-electron chi connectivity index (χ4n) is 3.43. The number of aromatic nitrogens is 1. The van der Waals surface area contributed by atoms with Crippen LogP contribution in [0.5, 0.6) is 0 Å². The molecule has 0 unspecified atom stereocenters. The van der Waals surface area contributed by atoms with Crippen molar-refractivity contribution in [2.45, 2.75) is 26.7 Å². The second-order valence-corrected chi connectivity index (χ2v) is 7.57. The van der Waals surface area contributed by atoms with Crippen molar-refractivity contribution in [1.82, 2.24) is 10.3 Å². The molecule has 1 aliphatic heterocycles. The van der Waals surface area contributed by atoms with Crippen LogP contribution >= 0.6 is 11.6 Å². The number of hydrogen-bond donors (Lipinski definition) is 2. The van der Waals surface area contributed by atoms with Crippen molar-refractivity contribution in [1.29, 1.82) is 0 Å². The van der Waals surface area contributed by atoms with Gasteiger partial charge in [-0.05, 0) is 49.9 Å². The van der Waals surface area contributed by atoms with E-state index in [1.54, 1.807) is 6.20 Å². The molecular formula is C21H25ClN4O2. The van der Waals surface area contributed by atoms with Gasteiger partial charge >= 0.3 is 0 Å². The lowest BCUT2D eigenvalue weighted by Crippen LogP contribution is -2.42. The number of pyridine rings is 1. The van der Waals surface area contributed by atoms with Crippen LogP contribution in [0.2, 0.25) is 5.02 Å². The predicted molar refractivity (Wildman–Crippen MR) is 112 cm³/mol. The quantitative estimate of drug-likeness (QED) is 0.807. The molecule has 3 rings (SSSR count). The van der Waals surface area contributed by atoms with Crippen molar-refractivity contribution in [3.05, 3.63) is 52.7 Å². The smallest absolute Gasteiger partial charge is 0.243 e. The maximum atomic E-state index is 12.4. The Morgan fingerprint density at radius 1 is 1.14 bits per heavy atom. The summed E-state index contributed by atoms with van der Waals surface area (Å²) in [6, 6.07) is 9.56. The molecule has 1 fully saturated rings. The first-order valence-corrected chi connectivity index (χ1v) is 9.82. The number of benzene rings is 1. The van der Waals surface area contributed by atoms with Crippen molar-refractivity contribution in [3.63, 3.8) is 0 Å². The first kappa shape index (κ1) is 20.1. The maximum absolute atomic E-state index is 12.4. The highest BCUT2D eigenvalue weighted by Gasteiger charge is 2.25. The number of anilines is 2. The van der Waals surface area contributed by atoms with E-state index in [1.807, 2.05) is 44.2 Å². The molecule has 1 aliphatic rings.